The number of amides is 1. The third-order valence-electron chi connectivity index (χ3n) is 4.23. The first-order valence-electron chi connectivity index (χ1n) is 8.62. The highest BCUT2D eigenvalue weighted by atomic mass is 16.2. The summed E-state index contributed by atoms with van der Waals surface area (Å²) in [4.78, 5) is 13.1. The van der Waals surface area contributed by atoms with Gasteiger partial charge < -0.3 is 4.90 Å². The first-order valence-corrected chi connectivity index (χ1v) is 8.62. The Labute approximate surface area is 119 Å². The molecule has 1 saturated heterocycles. The monoisotopic (exact) mass is 267 g/mol. The third-order valence-corrected chi connectivity index (χ3v) is 4.23. The summed E-state index contributed by atoms with van der Waals surface area (Å²) in [6.07, 6.45) is 17.4. The lowest BCUT2D eigenvalue weighted by atomic mass is 10.0. The van der Waals surface area contributed by atoms with E-state index in [4.69, 9.17) is 0 Å². The number of hydrogen-bond acceptors (Lipinski definition) is 1. The van der Waals surface area contributed by atoms with Crippen molar-refractivity contribution in [2.24, 2.45) is 0 Å². The van der Waals surface area contributed by atoms with E-state index >= 15 is 0 Å². The van der Waals surface area contributed by atoms with Crippen molar-refractivity contribution in [2.75, 3.05) is 13.1 Å². The molecular weight excluding hydrogens is 234 g/mol. The molecule has 0 aliphatic carbocycles. The highest BCUT2D eigenvalue weighted by Crippen LogP contribution is 2.13. The van der Waals surface area contributed by atoms with E-state index in [2.05, 4.69) is 6.92 Å². The van der Waals surface area contributed by atoms with Crippen molar-refractivity contribution >= 4 is 5.91 Å². The maximum absolute atomic E-state index is 11.1. The van der Waals surface area contributed by atoms with Gasteiger partial charge >= 0.3 is 0 Å². The van der Waals surface area contributed by atoms with Crippen LogP contribution in [0.4, 0.5) is 0 Å². The topological polar surface area (TPSA) is 20.3 Å². The molecule has 0 atom stereocenters. The Morgan fingerprint density at radius 2 is 1.26 bits per heavy atom. The Kier molecular flexibility index (Phi) is 9.84. The molecule has 0 unspecified atom stereocenters. The van der Waals surface area contributed by atoms with Gasteiger partial charge in [-0.05, 0) is 6.42 Å². The van der Waals surface area contributed by atoms with E-state index in [1.165, 1.54) is 77.0 Å². The summed E-state index contributed by atoms with van der Waals surface area (Å²) in [5.74, 6) is 0.364. The minimum absolute atomic E-state index is 0.364. The molecule has 112 valence electrons. The predicted octanol–water partition coefficient (Wildman–Crippen LogP) is 4.92. The number of β-lactam (4-membered cyclic amide) rings is 1. The lowest BCUT2D eigenvalue weighted by molar-refractivity contribution is -0.139. The van der Waals surface area contributed by atoms with E-state index in [0.29, 0.717) is 5.91 Å². The van der Waals surface area contributed by atoms with Crippen LogP contribution >= 0.6 is 0 Å². The van der Waals surface area contributed by atoms with E-state index in [1.807, 2.05) is 4.90 Å². The highest BCUT2D eigenvalue weighted by molar-refractivity contribution is 5.81. The molecular formula is C17H33NO. The van der Waals surface area contributed by atoms with Crippen molar-refractivity contribution in [3.63, 3.8) is 0 Å². The molecule has 1 fully saturated rings. The summed E-state index contributed by atoms with van der Waals surface area (Å²) < 4.78 is 0. The fourth-order valence-electron chi connectivity index (χ4n) is 2.74. The number of likely N-dealkylation sites (tertiary alicyclic amines) is 1. The first kappa shape index (κ1) is 16.5. The van der Waals surface area contributed by atoms with E-state index < -0.39 is 0 Å². The number of hydrogen-bond donors (Lipinski definition) is 0. The van der Waals surface area contributed by atoms with Crippen LogP contribution < -0.4 is 0 Å². The molecule has 19 heavy (non-hydrogen) atoms. The Bertz CT molecular complexity index is 227. The molecule has 0 aromatic heterocycles. The van der Waals surface area contributed by atoms with Crippen molar-refractivity contribution in [1.82, 2.24) is 4.90 Å². The van der Waals surface area contributed by atoms with Gasteiger partial charge in [-0.25, -0.2) is 0 Å². The van der Waals surface area contributed by atoms with Gasteiger partial charge in [-0.3, -0.25) is 4.79 Å². The van der Waals surface area contributed by atoms with Crippen molar-refractivity contribution in [1.29, 1.82) is 0 Å². The molecule has 1 amide bonds. The maximum Gasteiger partial charge on any atom is 0.224 e. The number of unbranched alkanes of at least 4 members (excludes halogenated alkanes) is 11. The van der Waals surface area contributed by atoms with Crippen LogP contribution in [0.25, 0.3) is 0 Å². The molecule has 0 aromatic rings. The van der Waals surface area contributed by atoms with Gasteiger partial charge in [0.1, 0.15) is 0 Å². The normalized spacial score (nSPS) is 14.8. The number of rotatable bonds is 13. The fourth-order valence-corrected chi connectivity index (χ4v) is 2.74. The van der Waals surface area contributed by atoms with Crippen LogP contribution in [0, 0.1) is 0 Å². The van der Waals surface area contributed by atoms with Crippen LogP contribution in [-0.2, 0) is 4.79 Å². The average molecular weight is 267 g/mol. The maximum atomic E-state index is 11.1. The molecule has 2 nitrogen and oxygen atoms in total. The molecule has 0 aromatic carbocycles. The lowest BCUT2D eigenvalue weighted by Gasteiger charge is -2.30. The smallest absolute Gasteiger partial charge is 0.224 e. The van der Waals surface area contributed by atoms with Gasteiger partial charge in [0.25, 0.3) is 0 Å². The van der Waals surface area contributed by atoms with Crippen LogP contribution in [0.1, 0.15) is 90.4 Å². The van der Waals surface area contributed by atoms with Crippen molar-refractivity contribution in [3.05, 3.63) is 0 Å². The molecule has 0 spiro atoms. The van der Waals surface area contributed by atoms with Crippen LogP contribution in [-0.4, -0.2) is 23.9 Å². The van der Waals surface area contributed by atoms with Gasteiger partial charge in [0.15, 0.2) is 0 Å². The highest BCUT2D eigenvalue weighted by Gasteiger charge is 2.22. The Morgan fingerprint density at radius 3 is 1.63 bits per heavy atom. The van der Waals surface area contributed by atoms with E-state index in [9.17, 15) is 4.79 Å². The summed E-state index contributed by atoms with van der Waals surface area (Å²) >= 11 is 0. The number of carbonyl (C=O) groups excluding carboxylic acids is 1. The van der Waals surface area contributed by atoms with Gasteiger partial charge in [0.05, 0.1) is 0 Å². The van der Waals surface area contributed by atoms with E-state index in [0.717, 1.165) is 19.5 Å². The van der Waals surface area contributed by atoms with Crippen LogP contribution in [0.3, 0.4) is 0 Å². The molecule has 1 aliphatic heterocycles. The molecule has 0 bridgehead atoms. The summed E-state index contributed by atoms with van der Waals surface area (Å²) in [5, 5.41) is 0. The largest absolute Gasteiger partial charge is 0.342 e. The summed E-state index contributed by atoms with van der Waals surface area (Å²) in [5.41, 5.74) is 0. The Hall–Kier alpha value is -0.530. The summed E-state index contributed by atoms with van der Waals surface area (Å²) in [6, 6.07) is 0. The zero-order valence-electron chi connectivity index (χ0n) is 13.0. The third kappa shape index (κ3) is 8.28. The molecule has 1 rings (SSSR count). The van der Waals surface area contributed by atoms with Crippen molar-refractivity contribution in [3.8, 4) is 0 Å². The minimum Gasteiger partial charge on any atom is -0.342 e. The first-order chi connectivity index (χ1) is 9.34. The lowest BCUT2D eigenvalue weighted by Crippen LogP contribution is -2.43. The quantitative estimate of drug-likeness (QED) is 0.342. The van der Waals surface area contributed by atoms with Gasteiger partial charge in [-0.1, -0.05) is 77.6 Å². The average Bonchev–Trinajstić information content (AvgIpc) is 2.42. The summed E-state index contributed by atoms with van der Waals surface area (Å²) in [6.45, 7) is 4.30. The van der Waals surface area contributed by atoms with E-state index in [-0.39, 0.29) is 0 Å². The number of carbonyl (C=O) groups is 1. The minimum atomic E-state index is 0.364. The van der Waals surface area contributed by atoms with Gasteiger partial charge in [0, 0.05) is 19.5 Å². The standard InChI is InChI=1S/C17H33NO/c1-2-3-4-5-6-7-8-9-10-11-12-13-15-18-16-14-17(18)19/h2-16H2,1H3. The van der Waals surface area contributed by atoms with E-state index in [1.54, 1.807) is 0 Å². The van der Waals surface area contributed by atoms with Crippen LogP contribution in [0.2, 0.25) is 0 Å². The van der Waals surface area contributed by atoms with Crippen LogP contribution in [0.5, 0.6) is 0 Å². The Morgan fingerprint density at radius 1 is 0.789 bits per heavy atom. The molecule has 0 saturated carbocycles. The van der Waals surface area contributed by atoms with Gasteiger partial charge in [-0.15, -0.1) is 0 Å². The zero-order valence-corrected chi connectivity index (χ0v) is 13.0. The Balaban J connectivity index is 1.68. The van der Waals surface area contributed by atoms with Gasteiger partial charge in [0.2, 0.25) is 5.91 Å². The predicted molar refractivity (Wildman–Crippen MR) is 82.3 cm³/mol. The second-order valence-electron chi connectivity index (χ2n) is 6.02. The SMILES string of the molecule is CCCCCCCCCCCCCCN1CCC1=O. The van der Waals surface area contributed by atoms with Crippen LogP contribution in [0.15, 0.2) is 0 Å². The summed E-state index contributed by atoms with van der Waals surface area (Å²) in [7, 11) is 0. The second-order valence-corrected chi connectivity index (χ2v) is 6.02. The molecule has 0 radical (unpaired) electrons. The number of nitrogens with zero attached hydrogens (tertiary/aromatic N) is 1. The second kappa shape index (κ2) is 11.3. The molecule has 1 aliphatic rings. The van der Waals surface area contributed by atoms with Crippen molar-refractivity contribution in [2.45, 2.75) is 90.4 Å². The molecule has 0 N–H and O–H groups in total. The van der Waals surface area contributed by atoms with Gasteiger partial charge in [-0.2, -0.15) is 0 Å². The molecule has 2 heteroatoms. The van der Waals surface area contributed by atoms with Crippen molar-refractivity contribution < 1.29 is 4.79 Å². The zero-order chi connectivity index (χ0) is 13.8. The molecule has 1 heterocycles. The fraction of sp³-hybridized carbons (Fsp3) is 0.941.